The molecule has 0 amide bonds. The average Bonchev–Trinajstić information content (AvgIpc) is 3.82. The molecule has 1 unspecified atom stereocenters. The first-order valence-corrected chi connectivity index (χ1v) is 17.0. The molecule has 53 heavy (non-hydrogen) atoms. The lowest BCUT2D eigenvalue weighted by atomic mass is 9.71. The fourth-order valence-electron chi connectivity index (χ4n) is 7.70. The smallest absolute Gasteiger partial charge is 0.330 e. The number of para-hydroxylation sites is 1. The number of methoxy groups -OCH3 is 1. The van der Waals surface area contributed by atoms with Crippen molar-refractivity contribution in [2.75, 3.05) is 7.11 Å². The Balaban J connectivity index is 1.19. The second kappa shape index (κ2) is 11.3. The van der Waals surface area contributed by atoms with Gasteiger partial charge in [-0.05, 0) is 75.2 Å². The number of phenolic OH excluding ortho intramolecular Hbond substituents is 2. The molecule has 3 aromatic carbocycles. The first-order valence-electron chi connectivity index (χ1n) is 17.0. The number of H-pyrrole nitrogens is 2. The summed E-state index contributed by atoms with van der Waals surface area (Å²) in [6, 6.07) is 18.2. The highest BCUT2D eigenvalue weighted by Gasteiger charge is 2.55. The van der Waals surface area contributed by atoms with Crippen LogP contribution < -0.4 is 20.7 Å². The maximum atomic E-state index is 14.6. The van der Waals surface area contributed by atoms with Gasteiger partial charge in [0, 0.05) is 35.3 Å². The Hall–Kier alpha value is -6.89. The molecule has 2 aliphatic rings. The zero-order valence-corrected chi connectivity index (χ0v) is 29.1. The van der Waals surface area contributed by atoms with Crippen LogP contribution >= 0.6 is 0 Å². The van der Waals surface area contributed by atoms with Crippen LogP contribution in [0, 0.1) is 13.8 Å². The Bertz CT molecular complexity index is 2880. The summed E-state index contributed by atoms with van der Waals surface area (Å²) in [6.07, 6.45) is 4.08. The SMILES string of the molecule is COc1ccc(-n2nc(C)c3c2C=C2Oc4c(-c5ccc6c(=O)[nH]c(=O)n(CCc7c[nH]c8ccccc78)c6n5)c(O)c(C)c(O)c4C2(C)C3=O)cc1. The second-order valence-corrected chi connectivity index (χ2v) is 13.5. The summed E-state index contributed by atoms with van der Waals surface area (Å²) in [5.41, 5.74) is 1.97. The lowest BCUT2D eigenvalue weighted by Crippen LogP contribution is -2.36. The number of phenols is 2. The third-order valence-electron chi connectivity index (χ3n) is 10.6. The molecule has 0 saturated heterocycles. The molecule has 0 bridgehead atoms. The summed E-state index contributed by atoms with van der Waals surface area (Å²) in [6.45, 7) is 5.16. The van der Waals surface area contributed by atoms with Crippen molar-refractivity contribution in [1.29, 1.82) is 0 Å². The van der Waals surface area contributed by atoms with Crippen molar-refractivity contribution >= 4 is 33.8 Å². The average molecular weight is 709 g/mol. The number of rotatable bonds is 6. The van der Waals surface area contributed by atoms with Crippen molar-refractivity contribution in [3.8, 4) is 39.9 Å². The number of benzene rings is 3. The predicted molar refractivity (Wildman–Crippen MR) is 197 cm³/mol. The Labute approximate surface area is 300 Å². The van der Waals surface area contributed by atoms with E-state index in [1.807, 2.05) is 42.6 Å². The van der Waals surface area contributed by atoms with Crippen LogP contribution in [0.25, 0.3) is 45.0 Å². The zero-order valence-electron chi connectivity index (χ0n) is 29.1. The summed E-state index contributed by atoms with van der Waals surface area (Å²) in [4.78, 5) is 51.4. The number of pyridine rings is 1. The lowest BCUT2D eigenvalue weighted by molar-refractivity contribution is 0.0905. The number of nitrogens with one attached hydrogen (secondary N) is 2. The second-order valence-electron chi connectivity index (χ2n) is 13.5. The van der Waals surface area contributed by atoms with Crippen molar-refractivity contribution in [3.05, 3.63) is 127 Å². The van der Waals surface area contributed by atoms with Crippen LogP contribution in [-0.2, 0) is 18.4 Å². The highest BCUT2D eigenvalue weighted by Crippen LogP contribution is 2.60. The number of aryl methyl sites for hydroxylation is 3. The van der Waals surface area contributed by atoms with E-state index in [9.17, 15) is 24.6 Å². The summed E-state index contributed by atoms with van der Waals surface area (Å²) in [7, 11) is 1.58. The van der Waals surface area contributed by atoms with Gasteiger partial charge < -0.3 is 24.7 Å². The Morgan fingerprint density at radius 1 is 0.943 bits per heavy atom. The molecule has 9 rings (SSSR count). The summed E-state index contributed by atoms with van der Waals surface area (Å²) in [5.74, 6) is -0.00936. The normalized spacial score (nSPS) is 16.0. The quantitative estimate of drug-likeness (QED) is 0.172. The number of aromatic amines is 2. The third kappa shape index (κ3) is 4.46. The Kier molecular flexibility index (Phi) is 6.84. The molecule has 0 radical (unpaired) electrons. The van der Waals surface area contributed by atoms with Gasteiger partial charge in [-0.2, -0.15) is 5.10 Å². The van der Waals surface area contributed by atoms with E-state index in [1.54, 1.807) is 49.9 Å². The summed E-state index contributed by atoms with van der Waals surface area (Å²) in [5, 5.41) is 29.1. The maximum Gasteiger partial charge on any atom is 0.330 e. The van der Waals surface area contributed by atoms with E-state index in [1.165, 1.54) is 17.6 Å². The minimum Gasteiger partial charge on any atom is -0.507 e. The van der Waals surface area contributed by atoms with Gasteiger partial charge in [0.25, 0.3) is 5.56 Å². The number of carbonyl (C=O) groups excluding carboxylic acids is 1. The van der Waals surface area contributed by atoms with E-state index in [0.717, 1.165) is 16.5 Å². The molecular weight excluding hydrogens is 676 g/mol. The van der Waals surface area contributed by atoms with E-state index >= 15 is 0 Å². The molecular formula is C40H32N6O7. The standard InChI is InChI=1S/C40H32N6O7/c1-19-33(47)31(27-14-13-25-37(42-27)45(39(51)43-38(25)50)16-15-21-18-41-26-8-6-5-7-24(21)26)35-32(34(19)48)40(3)29(53-35)17-28-30(36(40)49)20(2)44-46(28)22-9-11-23(52-4)12-10-22/h5-14,17-18,41,47-48H,15-16H2,1-4H3,(H,43,50,51). The number of aromatic nitrogens is 6. The van der Waals surface area contributed by atoms with Gasteiger partial charge in [0.2, 0.25) is 0 Å². The van der Waals surface area contributed by atoms with Crippen LogP contribution in [0.1, 0.15) is 45.4 Å². The van der Waals surface area contributed by atoms with Crippen LogP contribution in [0.2, 0.25) is 0 Å². The minimum atomic E-state index is -1.48. The minimum absolute atomic E-state index is 0.0452. The molecule has 264 valence electrons. The third-order valence-corrected chi connectivity index (χ3v) is 10.6. The number of nitrogens with zero attached hydrogens (tertiary/aromatic N) is 4. The van der Waals surface area contributed by atoms with Crippen molar-refractivity contribution in [2.24, 2.45) is 0 Å². The molecule has 7 aromatic rings. The first kappa shape index (κ1) is 32.0. The number of allylic oxidation sites excluding steroid dienone is 1. The number of Topliss-reactive ketones (excluding diaryl/α,β-unsaturated/α-hetero) is 1. The zero-order chi connectivity index (χ0) is 36.9. The number of ketones is 1. The van der Waals surface area contributed by atoms with Crippen molar-refractivity contribution in [2.45, 2.75) is 39.2 Å². The summed E-state index contributed by atoms with van der Waals surface area (Å²) >= 11 is 0. The van der Waals surface area contributed by atoms with Crippen LogP contribution in [-0.4, -0.2) is 52.4 Å². The molecule has 1 aliphatic heterocycles. The number of aromatic hydroxyl groups is 2. The van der Waals surface area contributed by atoms with Gasteiger partial charge in [-0.1, -0.05) is 18.2 Å². The lowest BCUT2D eigenvalue weighted by Gasteiger charge is -2.27. The molecule has 4 aromatic heterocycles. The van der Waals surface area contributed by atoms with E-state index in [-0.39, 0.29) is 68.8 Å². The largest absolute Gasteiger partial charge is 0.507 e. The molecule has 4 N–H and O–H groups in total. The van der Waals surface area contributed by atoms with Gasteiger partial charge in [0.15, 0.2) is 5.78 Å². The van der Waals surface area contributed by atoms with Crippen LogP contribution in [0.3, 0.4) is 0 Å². The molecule has 13 nitrogen and oxygen atoms in total. The fraction of sp³-hybridized carbons (Fsp3) is 0.175. The van der Waals surface area contributed by atoms with Gasteiger partial charge in [-0.15, -0.1) is 0 Å². The molecule has 0 fully saturated rings. The molecule has 0 spiro atoms. The van der Waals surface area contributed by atoms with Gasteiger partial charge in [0.1, 0.15) is 39.8 Å². The van der Waals surface area contributed by atoms with E-state index in [2.05, 4.69) is 15.1 Å². The highest BCUT2D eigenvalue weighted by molar-refractivity contribution is 6.14. The van der Waals surface area contributed by atoms with Gasteiger partial charge in [-0.3, -0.25) is 19.1 Å². The van der Waals surface area contributed by atoms with Crippen molar-refractivity contribution in [1.82, 2.24) is 29.3 Å². The topological polar surface area (TPSA) is 177 Å². The maximum absolute atomic E-state index is 14.6. The molecule has 0 saturated carbocycles. The highest BCUT2D eigenvalue weighted by atomic mass is 16.5. The molecule has 1 atom stereocenters. The van der Waals surface area contributed by atoms with E-state index < -0.39 is 16.7 Å². The first-order chi connectivity index (χ1) is 25.5. The van der Waals surface area contributed by atoms with Gasteiger partial charge in [0.05, 0.1) is 52.0 Å². The monoisotopic (exact) mass is 708 g/mol. The van der Waals surface area contributed by atoms with Gasteiger partial charge in [-0.25, -0.2) is 14.5 Å². The molecule has 13 heteroatoms. The van der Waals surface area contributed by atoms with Gasteiger partial charge >= 0.3 is 5.69 Å². The predicted octanol–water partition coefficient (Wildman–Crippen LogP) is 5.59. The van der Waals surface area contributed by atoms with Crippen LogP contribution in [0.5, 0.6) is 23.0 Å². The molecule has 1 aliphatic carbocycles. The van der Waals surface area contributed by atoms with E-state index in [0.29, 0.717) is 34.8 Å². The number of ether oxygens (including phenoxy) is 2. The Morgan fingerprint density at radius 2 is 1.72 bits per heavy atom. The summed E-state index contributed by atoms with van der Waals surface area (Å²) < 4.78 is 14.8. The number of fused-ring (bicyclic) bond motifs is 6. The van der Waals surface area contributed by atoms with Crippen molar-refractivity contribution in [3.63, 3.8) is 0 Å². The number of carbonyl (C=O) groups is 1. The fourth-order valence-corrected chi connectivity index (χ4v) is 7.70. The number of hydrogen-bond donors (Lipinski definition) is 4. The van der Waals surface area contributed by atoms with E-state index in [4.69, 9.17) is 14.5 Å². The van der Waals surface area contributed by atoms with Crippen LogP contribution in [0.4, 0.5) is 0 Å². The Morgan fingerprint density at radius 3 is 2.49 bits per heavy atom. The van der Waals surface area contributed by atoms with Crippen LogP contribution in [0.15, 0.2) is 82.2 Å². The molecule has 5 heterocycles. The van der Waals surface area contributed by atoms with Crippen molar-refractivity contribution < 1.29 is 24.5 Å². The number of hydrogen-bond acceptors (Lipinski definition) is 9.